The summed E-state index contributed by atoms with van der Waals surface area (Å²) in [5.41, 5.74) is 3.14. The fraction of sp³-hybridized carbons (Fsp3) is 0.105. The summed E-state index contributed by atoms with van der Waals surface area (Å²) in [5.74, 6) is 0.207. The Morgan fingerprint density at radius 1 is 1.19 bits per heavy atom. The van der Waals surface area contributed by atoms with Crippen LogP contribution in [0.3, 0.4) is 0 Å². The molecule has 3 aromatic rings. The van der Waals surface area contributed by atoms with E-state index >= 15 is 0 Å². The van der Waals surface area contributed by atoms with Gasteiger partial charge in [0.2, 0.25) is 5.88 Å². The number of aromatic nitrogens is 2. The SMILES string of the molecule is COc1ccc(NN=Cc2c(O)n(-c3cccc(C)c3)c(=O)[nH]c2=O)cc1. The van der Waals surface area contributed by atoms with Gasteiger partial charge in [0.25, 0.3) is 5.56 Å². The van der Waals surface area contributed by atoms with Crippen molar-refractivity contribution in [1.82, 2.24) is 9.55 Å². The van der Waals surface area contributed by atoms with Crippen LogP contribution in [0.15, 0.2) is 63.2 Å². The number of ether oxygens (including phenoxy) is 1. The number of H-pyrrole nitrogens is 1. The Morgan fingerprint density at radius 2 is 1.93 bits per heavy atom. The monoisotopic (exact) mass is 366 g/mol. The second-order valence-corrected chi connectivity index (χ2v) is 5.77. The summed E-state index contributed by atoms with van der Waals surface area (Å²) in [6, 6.07) is 14.0. The fourth-order valence-corrected chi connectivity index (χ4v) is 2.50. The molecule has 138 valence electrons. The molecule has 0 fully saturated rings. The van der Waals surface area contributed by atoms with E-state index in [0.29, 0.717) is 17.1 Å². The Morgan fingerprint density at radius 3 is 2.59 bits per heavy atom. The van der Waals surface area contributed by atoms with Crippen molar-refractivity contribution in [3.05, 3.63) is 80.5 Å². The van der Waals surface area contributed by atoms with Crippen molar-refractivity contribution >= 4 is 11.9 Å². The number of aryl methyl sites for hydroxylation is 1. The third-order valence-corrected chi connectivity index (χ3v) is 3.86. The number of methoxy groups -OCH3 is 1. The molecular weight excluding hydrogens is 348 g/mol. The van der Waals surface area contributed by atoms with Crippen LogP contribution in [0.2, 0.25) is 0 Å². The van der Waals surface area contributed by atoms with E-state index in [-0.39, 0.29) is 5.56 Å². The van der Waals surface area contributed by atoms with E-state index in [2.05, 4.69) is 15.5 Å². The maximum atomic E-state index is 12.2. The van der Waals surface area contributed by atoms with Crippen molar-refractivity contribution in [2.24, 2.45) is 5.10 Å². The van der Waals surface area contributed by atoms with Gasteiger partial charge in [0.1, 0.15) is 11.3 Å². The third-order valence-electron chi connectivity index (χ3n) is 3.86. The molecule has 0 aliphatic rings. The molecule has 8 nitrogen and oxygen atoms in total. The van der Waals surface area contributed by atoms with Crippen molar-refractivity contribution in [3.8, 4) is 17.3 Å². The lowest BCUT2D eigenvalue weighted by Gasteiger charge is -2.10. The first kappa shape index (κ1) is 18.0. The summed E-state index contributed by atoms with van der Waals surface area (Å²) in [7, 11) is 1.57. The molecule has 3 N–H and O–H groups in total. The summed E-state index contributed by atoms with van der Waals surface area (Å²) in [6.45, 7) is 1.86. The number of hydrogen-bond acceptors (Lipinski definition) is 6. The van der Waals surface area contributed by atoms with Gasteiger partial charge in [0, 0.05) is 0 Å². The molecule has 0 unspecified atom stereocenters. The molecule has 0 aliphatic heterocycles. The number of aromatic amines is 1. The van der Waals surface area contributed by atoms with Crippen LogP contribution in [-0.2, 0) is 0 Å². The van der Waals surface area contributed by atoms with E-state index in [1.54, 1.807) is 49.6 Å². The van der Waals surface area contributed by atoms with E-state index in [1.165, 1.54) is 0 Å². The average Bonchev–Trinajstić information content (AvgIpc) is 2.65. The van der Waals surface area contributed by atoms with Crippen LogP contribution in [0.1, 0.15) is 11.1 Å². The number of nitrogens with one attached hydrogen (secondary N) is 2. The average molecular weight is 366 g/mol. The van der Waals surface area contributed by atoms with E-state index in [4.69, 9.17) is 4.74 Å². The van der Waals surface area contributed by atoms with Gasteiger partial charge in [-0.15, -0.1) is 0 Å². The van der Waals surface area contributed by atoms with Crippen LogP contribution in [-0.4, -0.2) is 28.0 Å². The molecule has 2 aromatic carbocycles. The Bertz CT molecular complexity index is 1100. The van der Waals surface area contributed by atoms with Crippen molar-refractivity contribution in [2.45, 2.75) is 6.92 Å². The highest BCUT2D eigenvalue weighted by atomic mass is 16.5. The van der Waals surface area contributed by atoms with Gasteiger partial charge < -0.3 is 9.84 Å². The van der Waals surface area contributed by atoms with Gasteiger partial charge >= 0.3 is 5.69 Å². The lowest BCUT2D eigenvalue weighted by Crippen LogP contribution is -2.31. The molecule has 8 heteroatoms. The summed E-state index contributed by atoms with van der Waals surface area (Å²) in [4.78, 5) is 26.4. The normalized spacial score (nSPS) is 10.9. The molecular formula is C19H18N4O4. The van der Waals surface area contributed by atoms with E-state index in [0.717, 1.165) is 16.3 Å². The fourth-order valence-electron chi connectivity index (χ4n) is 2.50. The van der Waals surface area contributed by atoms with Gasteiger partial charge in [0.05, 0.1) is 24.7 Å². The van der Waals surface area contributed by atoms with Gasteiger partial charge in [-0.2, -0.15) is 5.10 Å². The minimum absolute atomic E-state index is 0.142. The van der Waals surface area contributed by atoms with E-state index < -0.39 is 17.1 Å². The second-order valence-electron chi connectivity index (χ2n) is 5.77. The summed E-state index contributed by atoms with van der Waals surface area (Å²) < 4.78 is 6.09. The van der Waals surface area contributed by atoms with Gasteiger partial charge in [-0.3, -0.25) is 15.2 Å². The van der Waals surface area contributed by atoms with Gasteiger partial charge in [-0.05, 0) is 48.9 Å². The Labute approximate surface area is 154 Å². The maximum absolute atomic E-state index is 12.2. The molecule has 0 saturated heterocycles. The maximum Gasteiger partial charge on any atom is 0.335 e. The molecule has 0 atom stereocenters. The van der Waals surface area contributed by atoms with E-state index in [9.17, 15) is 14.7 Å². The number of nitrogens with zero attached hydrogens (tertiary/aromatic N) is 2. The molecule has 0 amide bonds. The summed E-state index contributed by atoms with van der Waals surface area (Å²) in [6.07, 6.45) is 1.16. The van der Waals surface area contributed by atoms with E-state index in [1.807, 2.05) is 13.0 Å². The van der Waals surface area contributed by atoms with Crippen LogP contribution in [0, 0.1) is 6.92 Å². The molecule has 0 saturated carbocycles. The summed E-state index contributed by atoms with van der Waals surface area (Å²) in [5, 5.41) is 14.4. The van der Waals surface area contributed by atoms with Crippen LogP contribution >= 0.6 is 0 Å². The molecule has 1 aromatic heterocycles. The summed E-state index contributed by atoms with van der Waals surface area (Å²) >= 11 is 0. The molecule has 3 rings (SSSR count). The predicted octanol–water partition coefficient (Wildman–Crippen LogP) is 1.99. The number of anilines is 1. The minimum atomic E-state index is -0.735. The smallest absolute Gasteiger partial charge is 0.335 e. The van der Waals surface area contributed by atoms with Crippen molar-refractivity contribution < 1.29 is 9.84 Å². The minimum Gasteiger partial charge on any atom is -0.497 e. The van der Waals surface area contributed by atoms with Crippen molar-refractivity contribution in [1.29, 1.82) is 0 Å². The number of hydrogen-bond donors (Lipinski definition) is 3. The molecule has 0 aliphatic carbocycles. The zero-order valence-electron chi connectivity index (χ0n) is 14.8. The molecule has 0 bridgehead atoms. The highest BCUT2D eigenvalue weighted by Gasteiger charge is 2.14. The lowest BCUT2D eigenvalue weighted by molar-refractivity contribution is 0.415. The third kappa shape index (κ3) is 3.90. The van der Waals surface area contributed by atoms with Gasteiger partial charge in [-0.25, -0.2) is 9.36 Å². The number of rotatable bonds is 5. The standard InChI is InChI=1S/C19H18N4O4/c1-12-4-3-5-14(10-12)23-18(25)16(17(24)21-19(23)26)11-20-22-13-6-8-15(27-2)9-7-13/h3-11,22,25H,1-2H3,(H,21,24,26). The molecule has 0 radical (unpaired) electrons. The Kier molecular flexibility index (Phi) is 5.07. The Balaban J connectivity index is 1.94. The van der Waals surface area contributed by atoms with Crippen LogP contribution in [0.4, 0.5) is 5.69 Å². The first-order chi connectivity index (χ1) is 13.0. The van der Waals surface area contributed by atoms with Crippen LogP contribution in [0.5, 0.6) is 11.6 Å². The first-order valence-corrected chi connectivity index (χ1v) is 8.08. The zero-order chi connectivity index (χ0) is 19.4. The predicted molar refractivity (Wildman–Crippen MR) is 103 cm³/mol. The number of aromatic hydroxyl groups is 1. The molecule has 27 heavy (non-hydrogen) atoms. The zero-order valence-corrected chi connectivity index (χ0v) is 14.8. The number of hydrazone groups is 1. The highest BCUT2D eigenvalue weighted by molar-refractivity contribution is 5.82. The van der Waals surface area contributed by atoms with Gasteiger partial charge in [-0.1, -0.05) is 12.1 Å². The largest absolute Gasteiger partial charge is 0.497 e. The molecule has 0 spiro atoms. The number of benzene rings is 2. The lowest BCUT2D eigenvalue weighted by atomic mass is 10.2. The molecule has 1 heterocycles. The van der Waals surface area contributed by atoms with Crippen LogP contribution < -0.4 is 21.4 Å². The van der Waals surface area contributed by atoms with Crippen molar-refractivity contribution in [2.75, 3.05) is 12.5 Å². The second kappa shape index (κ2) is 7.61. The van der Waals surface area contributed by atoms with Crippen LogP contribution in [0.25, 0.3) is 5.69 Å². The quantitative estimate of drug-likeness (QED) is 0.473. The van der Waals surface area contributed by atoms with Gasteiger partial charge in [0.15, 0.2) is 0 Å². The van der Waals surface area contributed by atoms with Crippen molar-refractivity contribution in [3.63, 3.8) is 0 Å². The topological polar surface area (TPSA) is 109 Å². The first-order valence-electron chi connectivity index (χ1n) is 8.08. The highest BCUT2D eigenvalue weighted by Crippen LogP contribution is 2.17. The Hall–Kier alpha value is -3.81.